The van der Waals surface area contributed by atoms with Crippen LogP contribution in [0.3, 0.4) is 0 Å². The molecule has 1 amide bonds. The fraction of sp³-hybridized carbons (Fsp3) is 0.391. The van der Waals surface area contributed by atoms with Crippen molar-refractivity contribution in [3.8, 4) is 0 Å². The molecule has 154 valence electrons. The van der Waals surface area contributed by atoms with Crippen LogP contribution in [-0.4, -0.2) is 61.5 Å². The first kappa shape index (κ1) is 21.0. The van der Waals surface area contributed by atoms with Crippen LogP contribution in [-0.2, 0) is 16.1 Å². The number of anilines is 1. The third-order valence-corrected chi connectivity index (χ3v) is 5.33. The number of piperazine rings is 1. The summed E-state index contributed by atoms with van der Waals surface area (Å²) in [4.78, 5) is 28.7. The highest BCUT2D eigenvalue weighted by atomic mass is 16.5. The van der Waals surface area contributed by atoms with E-state index < -0.39 is 0 Å². The molecule has 1 N–H and O–H groups in total. The molecule has 3 rings (SSSR count). The maximum Gasteiger partial charge on any atom is 0.337 e. The van der Waals surface area contributed by atoms with E-state index in [1.165, 1.54) is 7.11 Å². The molecular weight excluding hydrogens is 366 g/mol. The number of benzene rings is 2. The van der Waals surface area contributed by atoms with Gasteiger partial charge in [0.25, 0.3) is 0 Å². The summed E-state index contributed by atoms with van der Waals surface area (Å²) in [5.41, 5.74) is 4.75. The number of carbonyl (C=O) groups is 2. The molecule has 0 aromatic heterocycles. The monoisotopic (exact) mass is 395 g/mol. The average Bonchev–Trinajstić information content (AvgIpc) is 2.72. The number of aryl methyl sites for hydroxylation is 2. The molecule has 0 aliphatic carbocycles. The molecule has 0 bridgehead atoms. The van der Waals surface area contributed by atoms with Crippen LogP contribution in [0.4, 0.5) is 5.69 Å². The zero-order valence-electron chi connectivity index (χ0n) is 17.4. The summed E-state index contributed by atoms with van der Waals surface area (Å²) in [6, 6.07) is 13.6. The van der Waals surface area contributed by atoms with Crippen molar-refractivity contribution in [2.45, 2.75) is 20.4 Å². The van der Waals surface area contributed by atoms with Gasteiger partial charge in [0.15, 0.2) is 0 Å². The van der Waals surface area contributed by atoms with E-state index in [2.05, 4.69) is 15.1 Å². The van der Waals surface area contributed by atoms with Crippen LogP contribution in [0.5, 0.6) is 0 Å². The number of nitrogens with zero attached hydrogens (tertiary/aromatic N) is 2. The number of esters is 1. The van der Waals surface area contributed by atoms with Gasteiger partial charge in [0.1, 0.15) is 0 Å². The Kier molecular flexibility index (Phi) is 7.01. The predicted molar refractivity (Wildman–Crippen MR) is 114 cm³/mol. The van der Waals surface area contributed by atoms with E-state index in [0.29, 0.717) is 12.1 Å². The van der Waals surface area contributed by atoms with Gasteiger partial charge in [0.05, 0.1) is 19.2 Å². The van der Waals surface area contributed by atoms with Crippen LogP contribution in [0.2, 0.25) is 0 Å². The third kappa shape index (κ3) is 5.65. The maximum absolute atomic E-state index is 12.5. The van der Waals surface area contributed by atoms with Crippen LogP contribution in [0, 0.1) is 13.8 Å². The van der Waals surface area contributed by atoms with Gasteiger partial charge in [-0.1, -0.05) is 30.3 Å². The molecule has 0 atom stereocenters. The summed E-state index contributed by atoms with van der Waals surface area (Å²) in [6.45, 7) is 8.67. The first-order valence-corrected chi connectivity index (χ1v) is 9.94. The Balaban J connectivity index is 1.48. The summed E-state index contributed by atoms with van der Waals surface area (Å²) in [7, 11) is 1.39. The minimum Gasteiger partial charge on any atom is -0.465 e. The third-order valence-electron chi connectivity index (χ3n) is 5.33. The zero-order valence-corrected chi connectivity index (χ0v) is 17.4. The number of carbonyl (C=O) groups excluding carboxylic acids is 2. The van der Waals surface area contributed by atoms with Crippen molar-refractivity contribution in [1.82, 2.24) is 9.80 Å². The molecule has 0 radical (unpaired) electrons. The standard InChI is InChI=1S/C23H29N3O3/c1-17-6-4-7-18(2)22(17)24-21(27)16-26-12-10-25(11-13-26)15-19-8-5-9-20(14-19)23(28)29-3/h4-9,14H,10-13,15-16H2,1-3H3,(H,24,27). The molecule has 2 aromatic rings. The first-order valence-electron chi connectivity index (χ1n) is 9.94. The molecule has 6 heteroatoms. The molecule has 1 fully saturated rings. The second kappa shape index (κ2) is 9.67. The van der Waals surface area contributed by atoms with E-state index in [9.17, 15) is 9.59 Å². The van der Waals surface area contributed by atoms with E-state index in [1.807, 2.05) is 50.2 Å². The summed E-state index contributed by atoms with van der Waals surface area (Å²) >= 11 is 0. The SMILES string of the molecule is COC(=O)c1cccc(CN2CCN(CC(=O)Nc3c(C)cccc3C)CC2)c1. The van der Waals surface area contributed by atoms with Gasteiger partial charge in [-0.2, -0.15) is 0 Å². The van der Waals surface area contributed by atoms with E-state index >= 15 is 0 Å². The minimum absolute atomic E-state index is 0.0293. The van der Waals surface area contributed by atoms with Crippen LogP contribution < -0.4 is 5.32 Å². The smallest absolute Gasteiger partial charge is 0.337 e. The number of para-hydroxylation sites is 1. The van der Waals surface area contributed by atoms with Crippen molar-refractivity contribution in [2.75, 3.05) is 45.2 Å². The van der Waals surface area contributed by atoms with Crippen molar-refractivity contribution >= 4 is 17.6 Å². The molecule has 0 saturated carbocycles. The molecule has 1 heterocycles. The lowest BCUT2D eigenvalue weighted by molar-refractivity contribution is -0.117. The Hall–Kier alpha value is -2.70. The topological polar surface area (TPSA) is 61.9 Å². The summed E-state index contributed by atoms with van der Waals surface area (Å²) in [5.74, 6) is -0.284. The Morgan fingerprint density at radius 1 is 0.966 bits per heavy atom. The Bertz CT molecular complexity index is 853. The molecule has 1 aliphatic rings. The van der Waals surface area contributed by atoms with Gasteiger partial charge in [-0.25, -0.2) is 4.79 Å². The highest BCUT2D eigenvalue weighted by molar-refractivity contribution is 5.93. The van der Waals surface area contributed by atoms with E-state index in [1.54, 1.807) is 6.07 Å². The lowest BCUT2D eigenvalue weighted by atomic mass is 10.1. The van der Waals surface area contributed by atoms with Crippen molar-refractivity contribution in [1.29, 1.82) is 0 Å². The largest absolute Gasteiger partial charge is 0.465 e. The van der Waals surface area contributed by atoms with Gasteiger partial charge >= 0.3 is 5.97 Å². The number of nitrogens with one attached hydrogen (secondary N) is 1. The van der Waals surface area contributed by atoms with E-state index in [0.717, 1.165) is 55.1 Å². The summed E-state index contributed by atoms with van der Waals surface area (Å²) in [5, 5.41) is 3.06. The number of hydrogen-bond acceptors (Lipinski definition) is 5. The van der Waals surface area contributed by atoms with Gasteiger partial charge in [0.2, 0.25) is 5.91 Å². The van der Waals surface area contributed by atoms with Crippen LogP contribution in [0.1, 0.15) is 27.0 Å². The zero-order chi connectivity index (χ0) is 20.8. The highest BCUT2D eigenvalue weighted by Crippen LogP contribution is 2.19. The minimum atomic E-state index is -0.313. The Morgan fingerprint density at radius 3 is 2.24 bits per heavy atom. The summed E-state index contributed by atoms with van der Waals surface area (Å²) in [6.07, 6.45) is 0. The van der Waals surface area contributed by atoms with Gasteiger partial charge < -0.3 is 10.1 Å². The number of amides is 1. The number of hydrogen-bond donors (Lipinski definition) is 1. The molecule has 6 nitrogen and oxygen atoms in total. The van der Waals surface area contributed by atoms with Gasteiger partial charge in [0, 0.05) is 38.4 Å². The van der Waals surface area contributed by atoms with Crippen molar-refractivity contribution < 1.29 is 14.3 Å². The highest BCUT2D eigenvalue weighted by Gasteiger charge is 2.20. The predicted octanol–water partition coefficient (Wildman–Crippen LogP) is 2.85. The molecule has 2 aromatic carbocycles. The molecular formula is C23H29N3O3. The average molecular weight is 396 g/mol. The normalized spacial score (nSPS) is 15.1. The lowest BCUT2D eigenvalue weighted by Gasteiger charge is -2.34. The lowest BCUT2D eigenvalue weighted by Crippen LogP contribution is -2.48. The van der Waals surface area contributed by atoms with Gasteiger partial charge in [-0.05, 0) is 42.7 Å². The van der Waals surface area contributed by atoms with Crippen molar-refractivity contribution in [3.05, 3.63) is 64.7 Å². The first-order chi connectivity index (χ1) is 14.0. The second-order valence-electron chi connectivity index (χ2n) is 7.56. The van der Waals surface area contributed by atoms with E-state index in [4.69, 9.17) is 4.74 Å². The number of methoxy groups -OCH3 is 1. The maximum atomic E-state index is 12.5. The van der Waals surface area contributed by atoms with Gasteiger partial charge in [-0.15, -0.1) is 0 Å². The molecule has 0 unspecified atom stereocenters. The summed E-state index contributed by atoms with van der Waals surface area (Å²) < 4.78 is 4.79. The fourth-order valence-electron chi connectivity index (χ4n) is 3.67. The molecule has 29 heavy (non-hydrogen) atoms. The van der Waals surface area contributed by atoms with Crippen LogP contribution in [0.25, 0.3) is 0 Å². The molecule has 1 aliphatic heterocycles. The Labute approximate surface area is 172 Å². The van der Waals surface area contributed by atoms with Crippen LogP contribution >= 0.6 is 0 Å². The molecule has 1 saturated heterocycles. The molecule has 0 spiro atoms. The van der Waals surface area contributed by atoms with E-state index in [-0.39, 0.29) is 11.9 Å². The van der Waals surface area contributed by atoms with Crippen molar-refractivity contribution in [2.24, 2.45) is 0 Å². The number of ether oxygens (including phenoxy) is 1. The second-order valence-corrected chi connectivity index (χ2v) is 7.56. The fourth-order valence-corrected chi connectivity index (χ4v) is 3.67. The quantitative estimate of drug-likeness (QED) is 0.762. The Morgan fingerprint density at radius 2 is 1.59 bits per heavy atom. The van der Waals surface area contributed by atoms with Crippen LogP contribution in [0.15, 0.2) is 42.5 Å². The number of rotatable bonds is 6. The van der Waals surface area contributed by atoms with Crippen molar-refractivity contribution in [3.63, 3.8) is 0 Å². The van der Waals surface area contributed by atoms with Gasteiger partial charge in [-0.3, -0.25) is 14.6 Å².